The van der Waals surface area contributed by atoms with Gasteiger partial charge in [0.05, 0.1) is 5.75 Å². The molecule has 0 aromatic heterocycles. The van der Waals surface area contributed by atoms with Crippen molar-refractivity contribution in [3.63, 3.8) is 0 Å². The van der Waals surface area contributed by atoms with E-state index in [1.807, 2.05) is 0 Å². The van der Waals surface area contributed by atoms with Crippen molar-refractivity contribution in [1.29, 1.82) is 0 Å². The lowest BCUT2D eigenvalue weighted by molar-refractivity contribution is -0.137. The number of carbonyl (C=O) groups excluding carboxylic acids is 1. The molecule has 0 fully saturated rings. The molecule has 21 heavy (non-hydrogen) atoms. The van der Waals surface area contributed by atoms with Gasteiger partial charge in [-0.05, 0) is 24.6 Å². The lowest BCUT2D eigenvalue weighted by Crippen LogP contribution is -2.31. The molecule has 0 unspecified atom stereocenters. The van der Waals surface area contributed by atoms with Crippen molar-refractivity contribution < 1.29 is 23.1 Å². The smallest absolute Gasteiger partial charge is 0.323 e. The Kier molecular flexibility index (Phi) is 5.86. The molecule has 0 saturated heterocycles. The molecule has 0 saturated carbocycles. The summed E-state index contributed by atoms with van der Waals surface area (Å²) < 4.78 is 25.0. The number of nitrogens with zero attached hydrogens (tertiary/aromatic N) is 1. The summed E-state index contributed by atoms with van der Waals surface area (Å²) in [4.78, 5) is 23.5. The maximum Gasteiger partial charge on any atom is 0.323 e. The van der Waals surface area contributed by atoms with Crippen LogP contribution >= 0.6 is 0 Å². The molecule has 0 aliphatic carbocycles. The SMILES string of the molecule is CCS(=O)(=O)NCc1ccc(C(=O)N(C)CC(=O)O)cc1. The maximum atomic E-state index is 11.9. The molecule has 0 aliphatic rings. The van der Waals surface area contributed by atoms with E-state index >= 15 is 0 Å². The Balaban J connectivity index is 2.70. The number of amides is 1. The standard InChI is InChI=1S/C13H18N2O5S/c1-3-21(19,20)14-8-10-4-6-11(7-5-10)13(18)15(2)9-12(16)17/h4-7,14H,3,8-9H2,1-2H3,(H,16,17). The van der Waals surface area contributed by atoms with Crippen LogP contribution < -0.4 is 4.72 Å². The van der Waals surface area contributed by atoms with Crippen LogP contribution in [0.3, 0.4) is 0 Å². The summed E-state index contributed by atoms with van der Waals surface area (Å²) >= 11 is 0. The molecule has 8 heteroatoms. The van der Waals surface area contributed by atoms with Crippen LogP contribution in [-0.2, 0) is 21.4 Å². The zero-order valence-electron chi connectivity index (χ0n) is 11.9. The first-order valence-electron chi connectivity index (χ1n) is 6.28. The van der Waals surface area contributed by atoms with Gasteiger partial charge in [-0.3, -0.25) is 9.59 Å². The van der Waals surface area contributed by atoms with Crippen molar-refractivity contribution >= 4 is 21.9 Å². The number of carbonyl (C=O) groups is 2. The third kappa shape index (κ3) is 5.52. The number of carboxylic acids is 1. The van der Waals surface area contributed by atoms with E-state index in [2.05, 4.69) is 4.72 Å². The van der Waals surface area contributed by atoms with Crippen LogP contribution in [0.1, 0.15) is 22.8 Å². The van der Waals surface area contributed by atoms with Gasteiger partial charge in [-0.25, -0.2) is 13.1 Å². The predicted octanol–water partition coefficient (Wildman–Crippen LogP) is 0.282. The molecular weight excluding hydrogens is 296 g/mol. The first kappa shape index (κ1) is 17.1. The predicted molar refractivity (Wildman–Crippen MR) is 77.3 cm³/mol. The second-order valence-corrected chi connectivity index (χ2v) is 6.57. The minimum atomic E-state index is -3.26. The molecule has 116 valence electrons. The van der Waals surface area contributed by atoms with Gasteiger partial charge in [0, 0.05) is 19.2 Å². The van der Waals surface area contributed by atoms with Gasteiger partial charge in [0.1, 0.15) is 6.54 Å². The van der Waals surface area contributed by atoms with Crippen LogP contribution in [0.15, 0.2) is 24.3 Å². The van der Waals surface area contributed by atoms with Crippen LogP contribution in [0.2, 0.25) is 0 Å². The van der Waals surface area contributed by atoms with E-state index < -0.39 is 21.9 Å². The number of likely N-dealkylation sites (N-methyl/N-ethyl adjacent to an activating group) is 1. The summed E-state index contributed by atoms with van der Waals surface area (Å²) in [5, 5.41) is 8.63. The molecule has 1 aromatic carbocycles. The highest BCUT2D eigenvalue weighted by Crippen LogP contribution is 2.07. The van der Waals surface area contributed by atoms with Gasteiger partial charge in [-0.1, -0.05) is 12.1 Å². The Morgan fingerprint density at radius 2 is 1.81 bits per heavy atom. The van der Waals surface area contributed by atoms with E-state index in [4.69, 9.17) is 5.11 Å². The summed E-state index contributed by atoms with van der Waals surface area (Å²) in [6.07, 6.45) is 0. The van der Waals surface area contributed by atoms with E-state index in [-0.39, 0.29) is 18.8 Å². The van der Waals surface area contributed by atoms with E-state index in [0.29, 0.717) is 11.1 Å². The van der Waals surface area contributed by atoms with E-state index in [9.17, 15) is 18.0 Å². The van der Waals surface area contributed by atoms with E-state index in [0.717, 1.165) is 4.90 Å². The molecule has 0 bridgehead atoms. The zero-order chi connectivity index (χ0) is 16.0. The van der Waals surface area contributed by atoms with Crippen molar-refractivity contribution in [1.82, 2.24) is 9.62 Å². The number of nitrogens with one attached hydrogen (secondary N) is 1. The molecule has 7 nitrogen and oxygen atoms in total. The second-order valence-electron chi connectivity index (χ2n) is 4.48. The molecule has 0 heterocycles. The van der Waals surface area contributed by atoms with Gasteiger partial charge in [-0.15, -0.1) is 0 Å². The topological polar surface area (TPSA) is 104 Å². The number of sulfonamides is 1. The molecule has 0 radical (unpaired) electrons. The van der Waals surface area contributed by atoms with Crippen molar-refractivity contribution in [2.75, 3.05) is 19.3 Å². The average Bonchev–Trinajstić information content (AvgIpc) is 2.44. The number of hydrogen-bond donors (Lipinski definition) is 2. The normalized spacial score (nSPS) is 11.1. The molecule has 0 aliphatic heterocycles. The fourth-order valence-electron chi connectivity index (χ4n) is 1.56. The first-order chi connectivity index (χ1) is 9.75. The number of benzene rings is 1. The van der Waals surface area contributed by atoms with E-state index in [1.165, 1.54) is 19.2 Å². The second kappa shape index (κ2) is 7.19. The van der Waals surface area contributed by atoms with Gasteiger partial charge >= 0.3 is 5.97 Å². The molecule has 0 atom stereocenters. The largest absolute Gasteiger partial charge is 0.480 e. The summed E-state index contributed by atoms with van der Waals surface area (Å²) in [5.74, 6) is -1.49. The molecule has 1 rings (SSSR count). The highest BCUT2D eigenvalue weighted by Gasteiger charge is 2.14. The minimum absolute atomic E-state index is 0.00352. The minimum Gasteiger partial charge on any atom is -0.480 e. The Morgan fingerprint density at radius 1 is 1.24 bits per heavy atom. The van der Waals surface area contributed by atoms with Crippen molar-refractivity contribution in [3.05, 3.63) is 35.4 Å². The maximum absolute atomic E-state index is 11.9. The fraction of sp³-hybridized carbons (Fsp3) is 0.385. The average molecular weight is 314 g/mol. The number of carboxylic acid groups (broad SMARTS) is 1. The molecule has 1 amide bonds. The number of rotatable bonds is 7. The quantitative estimate of drug-likeness (QED) is 0.752. The van der Waals surface area contributed by atoms with Crippen LogP contribution in [0.5, 0.6) is 0 Å². The summed E-state index contributed by atoms with van der Waals surface area (Å²) in [6, 6.07) is 6.33. The zero-order valence-corrected chi connectivity index (χ0v) is 12.7. The van der Waals surface area contributed by atoms with Crippen molar-refractivity contribution in [3.8, 4) is 0 Å². The molecule has 0 spiro atoms. The highest BCUT2D eigenvalue weighted by molar-refractivity contribution is 7.89. The van der Waals surface area contributed by atoms with Gasteiger partial charge in [0.2, 0.25) is 10.0 Å². The van der Waals surface area contributed by atoms with Crippen molar-refractivity contribution in [2.24, 2.45) is 0 Å². The summed E-state index contributed by atoms with van der Waals surface area (Å²) in [7, 11) is -1.86. The molecular formula is C13H18N2O5S. The van der Waals surface area contributed by atoms with E-state index in [1.54, 1.807) is 19.1 Å². The van der Waals surface area contributed by atoms with Gasteiger partial charge in [0.15, 0.2) is 0 Å². The Morgan fingerprint density at radius 3 is 2.29 bits per heavy atom. The first-order valence-corrected chi connectivity index (χ1v) is 7.94. The highest BCUT2D eigenvalue weighted by atomic mass is 32.2. The third-order valence-corrected chi connectivity index (χ3v) is 4.14. The van der Waals surface area contributed by atoms with Crippen LogP contribution in [-0.4, -0.2) is 49.6 Å². The summed E-state index contributed by atoms with van der Waals surface area (Å²) in [5.41, 5.74) is 1.06. The van der Waals surface area contributed by atoms with Gasteiger partial charge in [0.25, 0.3) is 5.91 Å². The fourth-order valence-corrected chi connectivity index (χ4v) is 2.15. The summed E-state index contributed by atoms with van der Waals surface area (Å²) in [6.45, 7) is 1.31. The van der Waals surface area contributed by atoms with Crippen LogP contribution in [0, 0.1) is 0 Å². The number of aliphatic carboxylic acids is 1. The van der Waals surface area contributed by atoms with Gasteiger partial charge < -0.3 is 10.0 Å². The Bertz CT molecular complexity index is 610. The van der Waals surface area contributed by atoms with Crippen molar-refractivity contribution in [2.45, 2.75) is 13.5 Å². The lowest BCUT2D eigenvalue weighted by Gasteiger charge is -2.14. The molecule has 2 N–H and O–H groups in total. The third-order valence-electron chi connectivity index (χ3n) is 2.80. The lowest BCUT2D eigenvalue weighted by atomic mass is 10.1. The monoisotopic (exact) mass is 314 g/mol. The Labute approximate surface area is 123 Å². The van der Waals surface area contributed by atoms with Crippen LogP contribution in [0.4, 0.5) is 0 Å². The Hall–Kier alpha value is -1.93. The van der Waals surface area contributed by atoms with Crippen LogP contribution in [0.25, 0.3) is 0 Å². The van der Waals surface area contributed by atoms with Gasteiger partial charge in [-0.2, -0.15) is 0 Å². The molecule has 1 aromatic rings. The number of hydrogen-bond acceptors (Lipinski definition) is 4.